The molecule has 0 aliphatic heterocycles. The minimum absolute atomic E-state index is 0.114. The summed E-state index contributed by atoms with van der Waals surface area (Å²) in [4.78, 5) is 4.13. The van der Waals surface area contributed by atoms with Gasteiger partial charge in [-0.3, -0.25) is 0 Å². The van der Waals surface area contributed by atoms with Crippen LogP contribution in [0.4, 0.5) is 0 Å². The van der Waals surface area contributed by atoms with Crippen molar-refractivity contribution in [1.82, 2.24) is 15.7 Å². The third kappa shape index (κ3) is 3.86. The van der Waals surface area contributed by atoms with Crippen LogP contribution in [0, 0.1) is 0 Å². The quantitative estimate of drug-likeness (QED) is 0.202. The van der Waals surface area contributed by atoms with Gasteiger partial charge in [0.05, 0.1) is 4.90 Å². The summed E-state index contributed by atoms with van der Waals surface area (Å²) in [5, 5.41) is 13.0. The van der Waals surface area contributed by atoms with Gasteiger partial charge in [0.1, 0.15) is 0 Å². The highest BCUT2D eigenvalue weighted by Gasteiger charge is 2.21. The van der Waals surface area contributed by atoms with E-state index >= 15 is 0 Å². The maximum Gasteiger partial charge on any atom is 0.238 e. The number of rotatable bonds is 6. The molecule has 0 aliphatic carbocycles. The second-order valence-corrected chi connectivity index (χ2v) is 7.32. The number of sulfonamides is 1. The van der Waals surface area contributed by atoms with E-state index in [9.17, 15) is 8.42 Å². The Bertz CT molecular complexity index is 1120. The smallest absolute Gasteiger partial charge is 0.238 e. The summed E-state index contributed by atoms with van der Waals surface area (Å²) < 4.78 is 29.1. The molecule has 0 spiro atoms. The zero-order valence-electron chi connectivity index (χ0n) is 15.0. The van der Waals surface area contributed by atoms with Gasteiger partial charge in [0.2, 0.25) is 21.7 Å². The second kappa shape index (κ2) is 7.76. The van der Waals surface area contributed by atoms with Gasteiger partial charge in [-0.15, -0.1) is 5.10 Å². The van der Waals surface area contributed by atoms with Gasteiger partial charge in [0, 0.05) is 17.5 Å². The Kier molecular flexibility index (Phi) is 5.40. The highest BCUT2D eigenvalue weighted by atomic mass is 32.2. The summed E-state index contributed by atoms with van der Waals surface area (Å²) in [7, 11) is -4.04. The SMILES string of the molecule is CCc1nc(-c2ccc(-c3cccc(S(N)(=O)=O)c3/C(N)=N/NN)cc2)no1. The molecule has 0 bridgehead atoms. The first kappa shape index (κ1) is 19.5. The third-order valence-corrected chi connectivity index (χ3v) is 4.95. The molecule has 11 heteroatoms. The molecule has 0 radical (unpaired) electrons. The van der Waals surface area contributed by atoms with Crippen LogP contribution in [-0.4, -0.2) is 24.4 Å². The molecule has 0 fully saturated rings. The van der Waals surface area contributed by atoms with E-state index in [4.69, 9.17) is 21.2 Å². The van der Waals surface area contributed by atoms with Crippen molar-refractivity contribution in [2.24, 2.45) is 21.8 Å². The predicted molar refractivity (Wildman–Crippen MR) is 104 cm³/mol. The van der Waals surface area contributed by atoms with Crippen molar-refractivity contribution >= 4 is 15.9 Å². The van der Waals surface area contributed by atoms with Crippen molar-refractivity contribution in [2.45, 2.75) is 18.2 Å². The molecular formula is C17H19N7O3S. The van der Waals surface area contributed by atoms with Crippen LogP contribution >= 0.6 is 0 Å². The van der Waals surface area contributed by atoms with Gasteiger partial charge in [0.25, 0.3) is 0 Å². The molecular weight excluding hydrogens is 382 g/mol. The number of hydrazone groups is 1. The van der Waals surface area contributed by atoms with Gasteiger partial charge in [-0.2, -0.15) is 4.98 Å². The van der Waals surface area contributed by atoms with Gasteiger partial charge < -0.3 is 10.3 Å². The number of benzene rings is 2. The minimum atomic E-state index is -4.04. The number of hydrazine groups is 1. The summed E-state index contributed by atoms with van der Waals surface area (Å²) in [6.07, 6.45) is 0.641. The number of amidine groups is 1. The van der Waals surface area contributed by atoms with Crippen molar-refractivity contribution in [2.75, 3.05) is 0 Å². The number of nitrogens with zero attached hydrogens (tertiary/aromatic N) is 3. The van der Waals surface area contributed by atoms with Crippen molar-refractivity contribution in [3.63, 3.8) is 0 Å². The van der Waals surface area contributed by atoms with Gasteiger partial charge in [-0.1, -0.05) is 48.5 Å². The maximum atomic E-state index is 12.0. The van der Waals surface area contributed by atoms with Crippen LogP contribution in [0.5, 0.6) is 0 Å². The van der Waals surface area contributed by atoms with E-state index in [0.717, 1.165) is 5.56 Å². The fraction of sp³-hybridized carbons (Fsp3) is 0.118. The molecule has 7 N–H and O–H groups in total. The van der Waals surface area contributed by atoms with Crippen LogP contribution in [0.15, 0.2) is 57.0 Å². The van der Waals surface area contributed by atoms with Crippen LogP contribution in [0.3, 0.4) is 0 Å². The Morgan fingerprint density at radius 1 is 1.18 bits per heavy atom. The molecule has 3 rings (SSSR count). The standard InChI is InChI=1S/C17H19N7O3S/c1-2-14-21-17(23-27-14)11-8-6-10(7-9-11)12-4-3-5-13(28(20,25)26)15(12)16(18)22-24-19/h3-9,24H,2,19H2,1H3,(H2,18,22)(H2,20,25,26). The van der Waals surface area contributed by atoms with Crippen LogP contribution in [-0.2, 0) is 16.4 Å². The molecule has 28 heavy (non-hydrogen) atoms. The first-order chi connectivity index (χ1) is 13.3. The Balaban J connectivity index is 2.12. The predicted octanol–water partition coefficient (Wildman–Crippen LogP) is 0.697. The van der Waals surface area contributed by atoms with Gasteiger partial charge >= 0.3 is 0 Å². The number of nitrogens with one attached hydrogen (secondary N) is 1. The van der Waals surface area contributed by atoms with Crippen LogP contribution in [0.25, 0.3) is 22.5 Å². The average Bonchev–Trinajstić information content (AvgIpc) is 3.16. The topological polar surface area (TPSA) is 176 Å². The number of hydrogen-bond acceptors (Lipinski definition) is 8. The molecule has 3 aromatic rings. The zero-order valence-corrected chi connectivity index (χ0v) is 15.8. The van der Waals surface area contributed by atoms with Crippen molar-refractivity contribution < 1.29 is 12.9 Å². The number of primary sulfonamides is 1. The average molecular weight is 401 g/mol. The molecule has 1 heterocycles. The molecule has 0 saturated carbocycles. The summed E-state index contributed by atoms with van der Waals surface area (Å²) in [5.41, 5.74) is 10.1. The van der Waals surface area contributed by atoms with E-state index in [-0.39, 0.29) is 16.3 Å². The molecule has 0 atom stereocenters. The molecule has 0 unspecified atom stereocenters. The summed E-state index contributed by atoms with van der Waals surface area (Å²) in [5.74, 6) is 6.09. The highest BCUT2D eigenvalue weighted by Crippen LogP contribution is 2.30. The molecule has 0 saturated heterocycles. The fourth-order valence-corrected chi connectivity index (χ4v) is 3.48. The molecule has 0 amide bonds. The van der Waals surface area contributed by atoms with E-state index in [0.29, 0.717) is 29.3 Å². The van der Waals surface area contributed by atoms with E-state index in [1.807, 2.05) is 6.92 Å². The lowest BCUT2D eigenvalue weighted by molar-refractivity contribution is 0.383. The summed E-state index contributed by atoms with van der Waals surface area (Å²) >= 11 is 0. The molecule has 2 aromatic carbocycles. The van der Waals surface area contributed by atoms with Gasteiger partial charge in [-0.25, -0.2) is 24.9 Å². The largest absolute Gasteiger partial charge is 0.382 e. The number of aryl methyl sites for hydroxylation is 1. The van der Waals surface area contributed by atoms with E-state index in [1.165, 1.54) is 6.07 Å². The lowest BCUT2D eigenvalue weighted by Gasteiger charge is -2.13. The fourth-order valence-electron chi connectivity index (χ4n) is 2.71. The Labute approximate surface area is 161 Å². The number of hydrogen-bond donors (Lipinski definition) is 4. The van der Waals surface area contributed by atoms with E-state index < -0.39 is 10.0 Å². The van der Waals surface area contributed by atoms with Gasteiger partial charge in [0.15, 0.2) is 5.84 Å². The van der Waals surface area contributed by atoms with E-state index in [2.05, 4.69) is 20.8 Å². The van der Waals surface area contributed by atoms with Crippen LogP contribution < -0.4 is 22.3 Å². The van der Waals surface area contributed by atoms with Crippen molar-refractivity contribution in [3.8, 4) is 22.5 Å². The van der Waals surface area contributed by atoms with Crippen LogP contribution in [0.1, 0.15) is 18.4 Å². The maximum absolute atomic E-state index is 12.0. The first-order valence-corrected chi connectivity index (χ1v) is 9.78. The van der Waals surface area contributed by atoms with Crippen molar-refractivity contribution in [3.05, 3.63) is 53.9 Å². The molecule has 0 aliphatic rings. The molecule has 10 nitrogen and oxygen atoms in total. The Morgan fingerprint density at radius 3 is 2.43 bits per heavy atom. The molecule has 1 aromatic heterocycles. The zero-order chi connectivity index (χ0) is 20.3. The van der Waals surface area contributed by atoms with Gasteiger partial charge in [-0.05, 0) is 17.2 Å². The van der Waals surface area contributed by atoms with E-state index in [1.54, 1.807) is 36.4 Å². The highest BCUT2D eigenvalue weighted by molar-refractivity contribution is 7.89. The lowest BCUT2D eigenvalue weighted by atomic mass is 9.98. The second-order valence-electron chi connectivity index (χ2n) is 5.79. The normalized spacial score (nSPS) is 12.2. The van der Waals surface area contributed by atoms with Crippen molar-refractivity contribution in [1.29, 1.82) is 0 Å². The lowest BCUT2D eigenvalue weighted by Crippen LogP contribution is -2.26. The summed E-state index contributed by atoms with van der Waals surface area (Å²) in [6.45, 7) is 1.92. The summed E-state index contributed by atoms with van der Waals surface area (Å²) in [6, 6.07) is 11.8. The third-order valence-electron chi connectivity index (χ3n) is 4.00. The Hall–Kier alpha value is -3.28. The minimum Gasteiger partial charge on any atom is -0.382 e. The first-order valence-electron chi connectivity index (χ1n) is 8.23. The van der Waals surface area contributed by atoms with Crippen LogP contribution in [0.2, 0.25) is 0 Å². The number of aromatic nitrogens is 2. The monoisotopic (exact) mass is 401 g/mol. The number of nitrogens with two attached hydrogens (primary N) is 3. The molecule has 146 valence electrons. The Morgan fingerprint density at radius 2 is 1.86 bits per heavy atom.